The molecule has 1 aromatic heterocycles. The molecule has 2 rings (SSSR count). The maximum absolute atomic E-state index is 12.1. The lowest BCUT2D eigenvalue weighted by Gasteiger charge is -2.04. The number of para-hydroxylation sites is 1. The number of amides is 1. The van der Waals surface area contributed by atoms with Gasteiger partial charge < -0.3 is 10.3 Å². The SMILES string of the molecule is C=C(Br)CNC(=O)c1c[nH]c2ccccc2c1=O. The molecule has 2 N–H and O–H groups in total. The first-order valence-electron chi connectivity index (χ1n) is 5.31. The number of fused-ring (bicyclic) bond motifs is 1. The number of hydrogen-bond donors (Lipinski definition) is 2. The molecule has 2 aromatic rings. The number of halogens is 1. The summed E-state index contributed by atoms with van der Waals surface area (Å²) < 4.78 is 0.646. The minimum absolute atomic E-state index is 0.0995. The van der Waals surface area contributed by atoms with Gasteiger partial charge in [0.1, 0.15) is 5.56 Å². The quantitative estimate of drug-likeness (QED) is 0.913. The number of aromatic nitrogens is 1. The van der Waals surface area contributed by atoms with Gasteiger partial charge in [-0.3, -0.25) is 9.59 Å². The average molecular weight is 307 g/mol. The van der Waals surface area contributed by atoms with Crippen molar-refractivity contribution in [2.24, 2.45) is 0 Å². The van der Waals surface area contributed by atoms with Crippen LogP contribution >= 0.6 is 15.9 Å². The minimum atomic E-state index is -0.414. The van der Waals surface area contributed by atoms with Crippen molar-refractivity contribution < 1.29 is 4.79 Å². The monoisotopic (exact) mass is 306 g/mol. The molecule has 1 amide bonds. The van der Waals surface area contributed by atoms with Gasteiger partial charge in [-0.25, -0.2) is 0 Å². The van der Waals surface area contributed by atoms with Crippen LogP contribution in [0.1, 0.15) is 10.4 Å². The van der Waals surface area contributed by atoms with Crippen LogP contribution in [0.2, 0.25) is 0 Å². The zero-order valence-electron chi connectivity index (χ0n) is 9.50. The van der Waals surface area contributed by atoms with Crippen molar-refractivity contribution in [3.8, 4) is 0 Å². The molecule has 18 heavy (non-hydrogen) atoms. The minimum Gasteiger partial charge on any atom is -0.360 e. The van der Waals surface area contributed by atoms with Crippen LogP contribution in [-0.2, 0) is 0 Å². The highest BCUT2D eigenvalue weighted by Crippen LogP contribution is 2.07. The number of hydrogen-bond acceptors (Lipinski definition) is 2. The van der Waals surface area contributed by atoms with Crippen molar-refractivity contribution in [2.45, 2.75) is 0 Å². The van der Waals surface area contributed by atoms with Crippen LogP contribution < -0.4 is 10.7 Å². The predicted octanol–water partition coefficient (Wildman–Crippen LogP) is 2.17. The van der Waals surface area contributed by atoms with Crippen LogP contribution in [-0.4, -0.2) is 17.4 Å². The van der Waals surface area contributed by atoms with Gasteiger partial charge in [0.05, 0.1) is 0 Å². The molecule has 1 aromatic carbocycles. The highest BCUT2D eigenvalue weighted by molar-refractivity contribution is 9.11. The van der Waals surface area contributed by atoms with E-state index in [1.54, 1.807) is 18.2 Å². The fraction of sp³-hybridized carbons (Fsp3) is 0.0769. The number of benzene rings is 1. The molecule has 0 unspecified atom stereocenters. The van der Waals surface area contributed by atoms with Crippen molar-refractivity contribution in [3.63, 3.8) is 0 Å². The van der Waals surface area contributed by atoms with Crippen LogP contribution in [0, 0.1) is 0 Å². The Balaban J connectivity index is 2.40. The number of H-pyrrole nitrogens is 1. The molecule has 1 heterocycles. The first-order chi connectivity index (χ1) is 8.59. The summed E-state index contributed by atoms with van der Waals surface area (Å²) in [5.41, 5.74) is 0.536. The third-order valence-electron chi connectivity index (χ3n) is 2.47. The highest BCUT2D eigenvalue weighted by Gasteiger charge is 2.12. The maximum Gasteiger partial charge on any atom is 0.257 e. The van der Waals surface area contributed by atoms with Crippen molar-refractivity contribution >= 4 is 32.7 Å². The summed E-state index contributed by atoms with van der Waals surface area (Å²) in [6, 6.07) is 7.07. The van der Waals surface area contributed by atoms with Crippen molar-refractivity contribution in [1.29, 1.82) is 0 Å². The van der Waals surface area contributed by atoms with Gasteiger partial charge in [-0.15, -0.1) is 0 Å². The lowest BCUT2D eigenvalue weighted by molar-refractivity contribution is 0.0956. The second-order valence-electron chi connectivity index (χ2n) is 3.78. The molecular formula is C13H11BrN2O2. The van der Waals surface area contributed by atoms with E-state index in [0.717, 1.165) is 0 Å². The van der Waals surface area contributed by atoms with Crippen LogP contribution in [0.15, 0.2) is 46.3 Å². The maximum atomic E-state index is 12.1. The van der Waals surface area contributed by atoms with E-state index in [9.17, 15) is 9.59 Å². The van der Waals surface area contributed by atoms with E-state index < -0.39 is 5.91 Å². The van der Waals surface area contributed by atoms with Gasteiger partial charge in [0, 0.05) is 28.1 Å². The molecule has 0 saturated heterocycles. The van der Waals surface area contributed by atoms with Gasteiger partial charge in [-0.1, -0.05) is 34.6 Å². The van der Waals surface area contributed by atoms with Crippen LogP contribution in [0.25, 0.3) is 10.9 Å². The second-order valence-corrected chi connectivity index (χ2v) is 4.90. The smallest absolute Gasteiger partial charge is 0.257 e. The number of nitrogens with one attached hydrogen (secondary N) is 2. The van der Waals surface area contributed by atoms with Gasteiger partial charge in [0.15, 0.2) is 0 Å². The molecule has 0 aliphatic rings. The molecule has 0 radical (unpaired) electrons. The van der Waals surface area contributed by atoms with E-state index >= 15 is 0 Å². The summed E-state index contributed by atoms with van der Waals surface area (Å²) in [4.78, 5) is 26.9. The largest absolute Gasteiger partial charge is 0.360 e. The van der Waals surface area contributed by atoms with Gasteiger partial charge in [0.25, 0.3) is 5.91 Å². The number of carbonyl (C=O) groups is 1. The van der Waals surface area contributed by atoms with Crippen molar-refractivity contribution in [2.75, 3.05) is 6.54 Å². The molecule has 0 spiro atoms. The zero-order valence-corrected chi connectivity index (χ0v) is 11.1. The Morgan fingerprint density at radius 2 is 2.11 bits per heavy atom. The molecule has 0 aliphatic carbocycles. The molecule has 4 nitrogen and oxygen atoms in total. The molecular weight excluding hydrogens is 296 g/mol. The Hall–Kier alpha value is -1.88. The average Bonchev–Trinajstić information content (AvgIpc) is 2.37. The van der Waals surface area contributed by atoms with Gasteiger partial charge >= 0.3 is 0 Å². The Kier molecular flexibility index (Phi) is 3.62. The topological polar surface area (TPSA) is 62.0 Å². The molecule has 0 fully saturated rings. The van der Waals surface area contributed by atoms with Crippen LogP contribution in [0.5, 0.6) is 0 Å². The number of carbonyl (C=O) groups excluding carboxylic acids is 1. The third-order valence-corrected chi connectivity index (χ3v) is 2.75. The van der Waals surface area contributed by atoms with Gasteiger partial charge in [0.2, 0.25) is 5.43 Å². The summed E-state index contributed by atoms with van der Waals surface area (Å²) in [6.45, 7) is 3.89. The fourth-order valence-electron chi connectivity index (χ4n) is 1.61. The van der Waals surface area contributed by atoms with Crippen molar-refractivity contribution in [3.05, 3.63) is 57.3 Å². The van der Waals surface area contributed by atoms with Crippen LogP contribution in [0.4, 0.5) is 0 Å². The molecule has 0 aliphatic heterocycles. The van der Waals surface area contributed by atoms with E-state index in [-0.39, 0.29) is 17.5 Å². The summed E-state index contributed by atoms with van der Waals surface area (Å²) in [7, 11) is 0. The Labute approximate surface area is 112 Å². The van der Waals surface area contributed by atoms with Gasteiger partial charge in [-0.05, 0) is 12.1 Å². The third kappa shape index (κ3) is 2.51. The lowest BCUT2D eigenvalue weighted by atomic mass is 10.1. The van der Waals surface area contributed by atoms with Crippen LogP contribution in [0.3, 0.4) is 0 Å². The summed E-state index contributed by atoms with van der Waals surface area (Å²) in [6.07, 6.45) is 1.43. The van der Waals surface area contributed by atoms with E-state index in [4.69, 9.17) is 0 Å². The normalized spacial score (nSPS) is 10.3. The molecule has 0 atom stereocenters. The standard InChI is InChI=1S/C13H11BrN2O2/c1-8(14)6-16-13(18)10-7-15-11-5-3-2-4-9(11)12(10)17/h2-5,7H,1,6H2,(H,15,17)(H,16,18). The van der Waals surface area contributed by atoms with Crippen molar-refractivity contribution in [1.82, 2.24) is 10.3 Å². The predicted molar refractivity (Wildman–Crippen MR) is 75.0 cm³/mol. The molecule has 0 bridgehead atoms. The first kappa shape index (κ1) is 12.6. The van der Waals surface area contributed by atoms with E-state index in [1.165, 1.54) is 6.20 Å². The summed E-state index contributed by atoms with van der Waals surface area (Å²) in [5.74, 6) is -0.414. The highest BCUT2D eigenvalue weighted by atomic mass is 79.9. The lowest BCUT2D eigenvalue weighted by Crippen LogP contribution is -2.29. The first-order valence-corrected chi connectivity index (χ1v) is 6.11. The molecule has 5 heteroatoms. The second kappa shape index (κ2) is 5.18. The molecule has 0 saturated carbocycles. The number of aromatic amines is 1. The summed E-state index contributed by atoms with van der Waals surface area (Å²) in [5, 5.41) is 3.10. The number of rotatable bonds is 3. The fourth-order valence-corrected chi connectivity index (χ4v) is 1.75. The number of pyridine rings is 1. The van der Waals surface area contributed by atoms with Gasteiger partial charge in [-0.2, -0.15) is 0 Å². The Morgan fingerprint density at radius 1 is 1.39 bits per heavy atom. The molecule has 92 valence electrons. The zero-order chi connectivity index (χ0) is 13.1. The Bertz CT molecular complexity index is 676. The van der Waals surface area contributed by atoms with E-state index in [1.807, 2.05) is 6.07 Å². The van der Waals surface area contributed by atoms with E-state index in [0.29, 0.717) is 15.4 Å². The summed E-state index contributed by atoms with van der Waals surface area (Å²) >= 11 is 3.14. The Morgan fingerprint density at radius 3 is 2.83 bits per heavy atom. The van der Waals surface area contributed by atoms with E-state index in [2.05, 4.69) is 32.8 Å².